The Labute approximate surface area is 171 Å². The Bertz CT molecular complexity index is 1060. The SMILES string of the molecule is N#CCCn1cc(C(=O)COC(=O)CCNC(=O)c2ccsc2)c2ccccc21. The van der Waals surface area contributed by atoms with E-state index in [2.05, 4.69) is 11.4 Å². The van der Waals surface area contributed by atoms with Gasteiger partial charge in [-0.25, -0.2) is 0 Å². The number of hydrogen-bond acceptors (Lipinski definition) is 6. The number of rotatable bonds is 9. The zero-order valence-electron chi connectivity index (χ0n) is 15.6. The van der Waals surface area contributed by atoms with Crippen LogP contribution in [0, 0.1) is 11.3 Å². The van der Waals surface area contributed by atoms with Crippen molar-refractivity contribution >= 4 is 39.9 Å². The number of fused-ring (bicyclic) bond motifs is 1. The monoisotopic (exact) mass is 409 g/mol. The van der Waals surface area contributed by atoms with Crippen LogP contribution in [0.2, 0.25) is 0 Å². The van der Waals surface area contributed by atoms with Gasteiger partial charge in [0.05, 0.1) is 18.9 Å². The third-order valence-corrected chi connectivity index (χ3v) is 5.00. The average Bonchev–Trinajstić information content (AvgIpc) is 3.39. The van der Waals surface area contributed by atoms with Crippen LogP contribution in [-0.2, 0) is 16.1 Å². The molecule has 0 fully saturated rings. The molecule has 3 rings (SSSR count). The molecule has 148 valence electrons. The molecular formula is C21H19N3O4S. The predicted molar refractivity (Wildman–Crippen MR) is 109 cm³/mol. The number of nitriles is 1. The molecule has 0 radical (unpaired) electrons. The first-order chi connectivity index (χ1) is 14.1. The fourth-order valence-electron chi connectivity index (χ4n) is 2.89. The van der Waals surface area contributed by atoms with Gasteiger partial charge in [-0.1, -0.05) is 18.2 Å². The third kappa shape index (κ3) is 5.09. The van der Waals surface area contributed by atoms with E-state index in [1.165, 1.54) is 11.3 Å². The van der Waals surface area contributed by atoms with Crippen LogP contribution >= 0.6 is 11.3 Å². The number of carbonyl (C=O) groups excluding carboxylic acids is 3. The van der Waals surface area contributed by atoms with Gasteiger partial charge in [0.2, 0.25) is 5.78 Å². The van der Waals surface area contributed by atoms with E-state index >= 15 is 0 Å². The molecule has 2 aromatic heterocycles. The van der Waals surface area contributed by atoms with Crippen LogP contribution in [-0.4, -0.2) is 35.4 Å². The van der Waals surface area contributed by atoms with Gasteiger partial charge in [0.15, 0.2) is 6.61 Å². The van der Waals surface area contributed by atoms with Gasteiger partial charge >= 0.3 is 5.97 Å². The molecule has 2 heterocycles. The van der Waals surface area contributed by atoms with Crippen LogP contribution in [0.15, 0.2) is 47.3 Å². The normalized spacial score (nSPS) is 10.4. The molecular weight excluding hydrogens is 390 g/mol. The number of aromatic nitrogens is 1. The molecule has 3 aromatic rings. The number of hydrogen-bond donors (Lipinski definition) is 1. The molecule has 29 heavy (non-hydrogen) atoms. The fourth-order valence-corrected chi connectivity index (χ4v) is 3.53. The lowest BCUT2D eigenvalue weighted by atomic mass is 10.1. The molecule has 0 aliphatic heterocycles. The number of benzene rings is 1. The molecule has 1 aromatic carbocycles. The number of carbonyl (C=O) groups is 3. The molecule has 7 nitrogen and oxygen atoms in total. The summed E-state index contributed by atoms with van der Waals surface area (Å²) in [5, 5.41) is 15.7. The van der Waals surface area contributed by atoms with E-state index in [0.717, 1.165) is 10.9 Å². The molecule has 1 amide bonds. The van der Waals surface area contributed by atoms with Gasteiger partial charge in [-0.2, -0.15) is 16.6 Å². The Hall–Kier alpha value is -3.44. The third-order valence-electron chi connectivity index (χ3n) is 4.32. The smallest absolute Gasteiger partial charge is 0.308 e. The quantitative estimate of drug-likeness (QED) is 0.432. The minimum absolute atomic E-state index is 0.0207. The molecule has 0 saturated carbocycles. The average molecular weight is 409 g/mol. The summed E-state index contributed by atoms with van der Waals surface area (Å²) in [6, 6.07) is 11.2. The van der Waals surface area contributed by atoms with E-state index < -0.39 is 5.97 Å². The van der Waals surface area contributed by atoms with E-state index in [1.54, 1.807) is 23.0 Å². The predicted octanol–water partition coefficient (Wildman–Crippen LogP) is 3.16. The van der Waals surface area contributed by atoms with Crippen LogP contribution in [0.4, 0.5) is 0 Å². The van der Waals surface area contributed by atoms with Crippen molar-refractivity contribution in [3.63, 3.8) is 0 Å². The fraction of sp³-hybridized carbons (Fsp3) is 0.238. The van der Waals surface area contributed by atoms with Crippen LogP contribution in [0.25, 0.3) is 10.9 Å². The summed E-state index contributed by atoms with van der Waals surface area (Å²) in [4.78, 5) is 36.3. The van der Waals surface area contributed by atoms with Crippen molar-refractivity contribution in [3.8, 4) is 6.07 Å². The van der Waals surface area contributed by atoms with Crippen molar-refractivity contribution in [1.29, 1.82) is 5.26 Å². The summed E-state index contributed by atoms with van der Waals surface area (Å²) >= 11 is 1.42. The number of nitrogens with zero attached hydrogens (tertiary/aromatic N) is 2. The summed E-state index contributed by atoms with van der Waals surface area (Å²) < 4.78 is 6.93. The van der Waals surface area contributed by atoms with E-state index in [1.807, 2.05) is 28.8 Å². The van der Waals surface area contributed by atoms with Crippen molar-refractivity contribution in [2.45, 2.75) is 19.4 Å². The van der Waals surface area contributed by atoms with Crippen molar-refractivity contribution in [3.05, 3.63) is 58.4 Å². The van der Waals surface area contributed by atoms with Gasteiger partial charge in [0, 0.05) is 46.7 Å². The zero-order valence-corrected chi connectivity index (χ0v) is 16.4. The van der Waals surface area contributed by atoms with E-state index in [-0.39, 0.29) is 31.3 Å². The minimum atomic E-state index is -0.558. The molecule has 0 aliphatic carbocycles. The highest BCUT2D eigenvalue weighted by Gasteiger charge is 2.17. The first-order valence-electron chi connectivity index (χ1n) is 9.04. The van der Waals surface area contributed by atoms with Crippen LogP contribution in [0.1, 0.15) is 33.6 Å². The standard InChI is InChI=1S/C21H19N3O4S/c22-8-3-10-24-12-17(16-4-1-2-5-18(16)24)19(25)13-28-20(26)6-9-23-21(27)15-7-11-29-14-15/h1-2,4-5,7,11-12,14H,3,6,9-10,13H2,(H,23,27). The summed E-state index contributed by atoms with van der Waals surface area (Å²) in [5.41, 5.74) is 1.86. The highest BCUT2D eigenvalue weighted by Crippen LogP contribution is 2.22. The Morgan fingerprint density at radius 1 is 1.21 bits per heavy atom. The van der Waals surface area contributed by atoms with Crippen molar-refractivity contribution in [1.82, 2.24) is 9.88 Å². The van der Waals surface area contributed by atoms with E-state index in [9.17, 15) is 14.4 Å². The van der Waals surface area contributed by atoms with Gasteiger partial charge < -0.3 is 14.6 Å². The first-order valence-corrected chi connectivity index (χ1v) is 9.98. The summed E-state index contributed by atoms with van der Waals surface area (Å²) in [7, 11) is 0. The minimum Gasteiger partial charge on any atom is -0.457 e. The molecule has 0 spiro atoms. The summed E-state index contributed by atoms with van der Waals surface area (Å²) in [6.45, 7) is 0.243. The second kappa shape index (κ2) is 9.66. The van der Waals surface area contributed by atoms with Gasteiger partial charge in [-0.15, -0.1) is 0 Å². The molecule has 1 N–H and O–H groups in total. The largest absolute Gasteiger partial charge is 0.457 e. The molecule has 0 atom stereocenters. The lowest BCUT2D eigenvalue weighted by Gasteiger charge is -2.05. The van der Waals surface area contributed by atoms with Crippen LogP contribution < -0.4 is 5.32 Å². The van der Waals surface area contributed by atoms with Crippen LogP contribution in [0.5, 0.6) is 0 Å². The number of amides is 1. The van der Waals surface area contributed by atoms with Gasteiger partial charge in [-0.3, -0.25) is 14.4 Å². The molecule has 0 unspecified atom stereocenters. The Kier molecular flexibility index (Phi) is 6.76. The maximum Gasteiger partial charge on any atom is 0.308 e. The zero-order chi connectivity index (χ0) is 20.6. The Morgan fingerprint density at radius 2 is 2.03 bits per heavy atom. The van der Waals surface area contributed by atoms with Gasteiger partial charge in [0.1, 0.15) is 0 Å². The second-order valence-corrected chi connectivity index (χ2v) is 7.04. The number of esters is 1. The number of thiophene rings is 1. The lowest BCUT2D eigenvalue weighted by Crippen LogP contribution is -2.26. The van der Waals surface area contributed by atoms with Crippen molar-refractivity contribution in [2.24, 2.45) is 0 Å². The lowest BCUT2D eigenvalue weighted by molar-refractivity contribution is -0.142. The summed E-state index contributed by atoms with van der Waals surface area (Å²) in [6.07, 6.45) is 2.00. The second-order valence-electron chi connectivity index (χ2n) is 6.26. The number of ether oxygens (including phenoxy) is 1. The Balaban J connectivity index is 1.53. The molecule has 0 bridgehead atoms. The number of Topliss-reactive ketones (excluding diaryl/α,β-unsaturated/α-hetero) is 1. The number of para-hydroxylation sites is 1. The van der Waals surface area contributed by atoms with Gasteiger partial charge in [-0.05, 0) is 17.5 Å². The first kappa shape index (κ1) is 20.3. The maximum atomic E-state index is 12.6. The molecule has 0 aliphatic rings. The van der Waals surface area contributed by atoms with Crippen LogP contribution in [0.3, 0.4) is 0 Å². The maximum absolute atomic E-state index is 12.6. The topological polar surface area (TPSA) is 101 Å². The Morgan fingerprint density at radius 3 is 2.79 bits per heavy atom. The van der Waals surface area contributed by atoms with Crippen molar-refractivity contribution < 1.29 is 19.1 Å². The van der Waals surface area contributed by atoms with Crippen molar-refractivity contribution in [2.75, 3.05) is 13.2 Å². The van der Waals surface area contributed by atoms with E-state index in [0.29, 0.717) is 24.1 Å². The summed E-state index contributed by atoms with van der Waals surface area (Å²) in [5.74, 6) is -1.12. The number of aryl methyl sites for hydroxylation is 1. The number of nitrogens with one attached hydrogen (secondary N) is 1. The molecule has 0 saturated heterocycles. The van der Waals surface area contributed by atoms with E-state index in [4.69, 9.17) is 10.00 Å². The highest BCUT2D eigenvalue weighted by molar-refractivity contribution is 7.08. The highest BCUT2D eigenvalue weighted by atomic mass is 32.1. The van der Waals surface area contributed by atoms with Gasteiger partial charge in [0.25, 0.3) is 5.91 Å². The number of ketones is 1. The molecule has 8 heteroatoms.